The number of hydrogen-bond acceptors (Lipinski definition) is 9. The molecule has 11 nitrogen and oxygen atoms in total. The lowest BCUT2D eigenvalue weighted by Crippen LogP contribution is -2.61. The molecule has 0 aliphatic carbocycles. The zero-order chi connectivity index (χ0) is 82.9. The number of rotatable bonds is 11. The summed E-state index contributed by atoms with van der Waals surface area (Å²) in [5, 5.41) is 5.62. The van der Waals surface area contributed by atoms with Crippen LogP contribution in [-0.4, -0.2) is 48.0 Å². The van der Waals surface area contributed by atoms with Gasteiger partial charge >= 0.3 is 14.0 Å². The van der Waals surface area contributed by atoms with Gasteiger partial charge in [0.25, 0.3) is 0 Å². The van der Waals surface area contributed by atoms with E-state index in [0.717, 1.165) is 122 Å². The smallest absolute Gasteiger partial charge is 0.361 e. The van der Waals surface area contributed by atoms with E-state index in [4.69, 9.17) is 24.9 Å². The molecule has 22 aromatic rings. The Morgan fingerprint density at radius 3 is 0.921 bits per heavy atom. The Kier molecular flexibility index (Phi) is 16.9. The highest BCUT2D eigenvalue weighted by Crippen LogP contribution is 2.53. The minimum Gasteiger partial charge on any atom is -0.361 e. The first-order valence-electron chi connectivity index (χ1n) is 42.9. The van der Waals surface area contributed by atoms with Gasteiger partial charge in [-0.1, -0.05) is 315 Å². The van der Waals surface area contributed by atoms with E-state index < -0.39 is 0 Å². The number of aromatic nitrogens is 7. The van der Waals surface area contributed by atoms with E-state index in [2.05, 4.69) is 398 Å². The van der Waals surface area contributed by atoms with Crippen LogP contribution in [0.25, 0.3) is 167 Å². The lowest BCUT2D eigenvalue weighted by atomic mass is 9.53. The van der Waals surface area contributed by atoms with Crippen LogP contribution in [0.3, 0.4) is 0 Å². The van der Waals surface area contributed by atoms with Crippen LogP contribution in [-0.2, 0) is 0 Å². The van der Waals surface area contributed by atoms with E-state index in [1.54, 1.807) is 0 Å². The maximum absolute atomic E-state index is 5.30. The molecule has 586 valence electrons. The van der Waals surface area contributed by atoms with Crippen LogP contribution in [0, 0.1) is 0 Å². The van der Waals surface area contributed by atoms with Crippen molar-refractivity contribution in [3.05, 3.63) is 443 Å². The molecule has 0 atom stereocenters. The van der Waals surface area contributed by atoms with Gasteiger partial charge in [-0.15, -0.1) is 0 Å². The summed E-state index contributed by atoms with van der Waals surface area (Å²) in [6.45, 7) is -0.228. The van der Waals surface area contributed by atoms with Crippen LogP contribution in [0.1, 0.15) is 0 Å². The molecular weight excluding hydrogens is 1530 g/mol. The first-order chi connectivity index (χ1) is 62.5. The molecule has 26 rings (SSSR count). The highest BCUT2D eigenvalue weighted by molar-refractivity contribution is 6.87. The third-order valence-corrected chi connectivity index (χ3v) is 25.6. The van der Waals surface area contributed by atoms with Gasteiger partial charge in [0.15, 0.2) is 11.6 Å². The molecule has 13 heteroatoms. The van der Waals surface area contributed by atoms with Gasteiger partial charge in [-0.2, -0.15) is 9.97 Å². The van der Waals surface area contributed by atoms with Gasteiger partial charge in [0, 0.05) is 111 Å². The number of fused-ring (bicyclic) bond motifs is 15. The lowest BCUT2D eigenvalue weighted by molar-refractivity contribution is 0.953. The molecule has 0 amide bonds. The fourth-order valence-corrected chi connectivity index (χ4v) is 20.1. The fraction of sp³-hybridized carbons (Fsp3) is 0. The van der Waals surface area contributed by atoms with E-state index >= 15 is 0 Å². The van der Waals surface area contributed by atoms with Crippen molar-refractivity contribution in [3.63, 3.8) is 0 Å². The average Bonchev–Trinajstić information content (AvgIpc) is 0.875. The second kappa shape index (κ2) is 29.6. The fourth-order valence-electron chi connectivity index (χ4n) is 20.1. The van der Waals surface area contributed by atoms with Crippen LogP contribution >= 0.6 is 0 Å². The molecule has 0 N–H and O–H groups in total. The van der Waals surface area contributed by atoms with E-state index in [9.17, 15) is 0 Å². The molecule has 18 aromatic carbocycles. The summed E-state index contributed by atoms with van der Waals surface area (Å²) in [5.41, 5.74) is 35.5. The molecular formula is C113H73B2N11. The van der Waals surface area contributed by atoms with Gasteiger partial charge in [0.1, 0.15) is 0 Å². The Morgan fingerprint density at radius 2 is 0.492 bits per heavy atom. The Hall–Kier alpha value is -16.8. The largest absolute Gasteiger partial charge is 0.421 e. The van der Waals surface area contributed by atoms with Crippen LogP contribution in [0.5, 0.6) is 0 Å². The maximum Gasteiger partial charge on any atom is 0.421 e. The minimum absolute atomic E-state index is 0.110. The molecule has 0 radical (unpaired) electrons. The SMILES string of the molecule is c1ccc(-c2nc(-c3ccccc3)nc(-n3c4ccccc4c4cc(-c5ccc6c(c5)-c5cccc7c5B(N(c5ccccc5)c5ccccc5-7)N6c5ccccc5)ccc43)n2)cc1.c1ccc(-c2nc(-n3c4ccccc4c4cc(-c5ccc6c(c5)-c5cccc7c5B(N(c5ccccc5)c5ccccc5-7)N6c5ccccc5)ccc43)nc3ccccc23)cc1. The van der Waals surface area contributed by atoms with Crippen molar-refractivity contribution in [2.24, 2.45) is 0 Å². The Balaban J connectivity index is 0.000000137. The zero-order valence-corrected chi connectivity index (χ0v) is 68.2. The highest BCUT2D eigenvalue weighted by atomic mass is 15.3. The molecule has 0 unspecified atom stereocenters. The Bertz CT molecular complexity index is 8020. The van der Waals surface area contributed by atoms with Crippen molar-refractivity contribution in [2.45, 2.75) is 0 Å². The molecule has 0 fully saturated rings. The Labute approximate surface area is 728 Å². The quantitative estimate of drug-likeness (QED) is 0.118. The van der Waals surface area contributed by atoms with Gasteiger partial charge in [-0.3, -0.25) is 9.13 Å². The zero-order valence-electron chi connectivity index (χ0n) is 68.2. The first-order valence-corrected chi connectivity index (χ1v) is 42.9. The third-order valence-electron chi connectivity index (χ3n) is 25.6. The normalized spacial score (nSPS) is 12.7. The van der Waals surface area contributed by atoms with Gasteiger partial charge in [-0.05, 0) is 183 Å². The first kappa shape index (κ1) is 72.1. The molecule has 126 heavy (non-hydrogen) atoms. The maximum atomic E-state index is 5.30. The van der Waals surface area contributed by atoms with E-state index in [1.165, 1.54) is 78.2 Å². The van der Waals surface area contributed by atoms with Crippen LogP contribution in [0.15, 0.2) is 443 Å². The van der Waals surface area contributed by atoms with Gasteiger partial charge < -0.3 is 19.2 Å². The van der Waals surface area contributed by atoms with Crippen molar-refractivity contribution < 1.29 is 0 Å². The van der Waals surface area contributed by atoms with Crippen molar-refractivity contribution in [1.29, 1.82) is 0 Å². The topological polar surface area (TPSA) is 87.3 Å². The van der Waals surface area contributed by atoms with Crippen molar-refractivity contribution in [2.75, 3.05) is 19.2 Å². The van der Waals surface area contributed by atoms with Gasteiger partial charge in [0.05, 0.1) is 33.3 Å². The van der Waals surface area contributed by atoms with Crippen molar-refractivity contribution in [1.82, 2.24) is 34.1 Å². The van der Waals surface area contributed by atoms with Crippen LogP contribution < -0.4 is 30.2 Å². The summed E-state index contributed by atoms with van der Waals surface area (Å²) in [7, 11) is 0. The number of benzene rings is 18. The summed E-state index contributed by atoms with van der Waals surface area (Å²) >= 11 is 0. The van der Waals surface area contributed by atoms with E-state index in [0.29, 0.717) is 23.5 Å². The van der Waals surface area contributed by atoms with Crippen molar-refractivity contribution >= 4 is 125 Å². The van der Waals surface area contributed by atoms with Crippen LogP contribution in [0.4, 0.5) is 45.5 Å². The van der Waals surface area contributed by atoms with Crippen molar-refractivity contribution in [3.8, 4) is 113 Å². The standard InChI is InChI=1S/C57H37BN6.C56H36BN5/c1-5-18-38(19-6-1)55-59-56(39-20-7-2-8-21-39)61-57(60-55)62-50-30-15-13-27-45(50)48-36-40(32-34-51(48)62)41-33-35-53-49(37-41)47-29-17-28-46-44-26-14-16-31-52(44)63(42-22-9-3-10-23-42)58(54(46)47)64(53)43-24-11-4-12-25-43;1-4-17-37(18-5-1)55-46-25-10-13-28-49(46)58-56(59-55)60-50-29-14-11-24-43(50)47-35-38(31-33-51(47)60)39-32-34-53-48(36-39)45-27-16-26-44-42-23-12-15-30-52(42)61(40-19-6-2-7-20-40)57(54(44)45)62(53)41-21-8-3-9-22-41/h1-37H;1-36H. The summed E-state index contributed by atoms with van der Waals surface area (Å²) in [6.07, 6.45) is 0. The molecule has 4 aliphatic rings. The monoisotopic (exact) mass is 1610 g/mol. The number of para-hydroxylation sites is 9. The predicted molar refractivity (Wildman–Crippen MR) is 522 cm³/mol. The van der Waals surface area contributed by atoms with Crippen LogP contribution in [0.2, 0.25) is 0 Å². The number of nitrogens with zero attached hydrogens (tertiary/aromatic N) is 11. The van der Waals surface area contributed by atoms with Gasteiger partial charge in [-0.25, -0.2) is 15.0 Å². The number of hydrogen-bond donors (Lipinski definition) is 0. The van der Waals surface area contributed by atoms with E-state index in [1.807, 2.05) is 72.8 Å². The molecule has 0 spiro atoms. The van der Waals surface area contributed by atoms with E-state index in [-0.39, 0.29) is 14.0 Å². The molecule has 0 bridgehead atoms. The second-order valence-corrected chi connectivity index (χ2v) is 32.5. The molecule has 0 saturated carbocycles. The Morgan fingerprint density at radius 1 is 0.183 bits per heavy atom. The summed E-state index contributed by atoms with van der Waals surface area (Å²) < 4.78 is 4.41. The lowest BCUT2D eigenvalue weighted by Gasteiger charge is -2.47. The number of anilines is 8. The molecule has 4 aliphatic heterocycles. The second-order valence-electron chi connectivity index (χ2n) is 32.5. The average molecular weight is 1610 g/mol. The summed E-state index contributed by atoms with van der Waals surface area (Å²) in [6, 6.07) is 159. The highest BCUT2D eigenvalue weighted by Gasteiger charge is 2.49. The summed E-state index contributed by atoms with van der Waals surface area (Å²) in [5.74, 6) is 2.50. The molecule has 8 heterocycles. The summed E-state index contributed by atoms with van der Waals surface area (Å²) in [4.78, 5) is 35.9. The molecule has 4 aromatic heterocycles. The molecule has 0 saturated heterocycles. The predicted octanol–water partition coefficient (Wildman–Crippen LogP) is 26.7. The van der Waals surface area contributed by atoms with Gasteiger partial charge in [0.2, 0.25) is 11.9 Å². The minimum atomic E-state index is -0.119. The third kappa shape index (κ3) is 11.7.